The number of hydrogen-bond donors (Lipinski definition) is 1. The van der Waals surface area contributed by atoms with Gasteiger partial charge in [-0.1, -0.05) is 12.1 Å². The molecule has 0 aliphatic carbocycles. The summed E-state index contributed by atoms with van der Waals surface area (Å²) in [6, 6.07) is 10.3. The third-order valence-corrected chi connectivity index (χ3v) is 4.87. The number of rotatable bonds is 4. The average molecular weight is 406 g/mol. The molecule has 0 saturated heterocycles. The van der Waals surface area contributed by atoms with Crippen LogP contribution in [0.1, 0.15) is 5.82 Å². The smallest absolute Gasteiger partial charge is 0.451 e. The average Bonchev–Trinajstić information content (AvgIpc) is 3.08. The second-order valence-electron chi connectivity index (χ2n) is 5.74. The van der Waals surface area contributed by atoms with Gasteiger partial charge in [-0.25, -0.2) is 15.0 Å². The van der Waals surface area contributed by atoms with E-state index in [-0.39, 0.29) is 16.3 Å². The van der Waals surface area contributed by atoms with E-state index in [1.165, 1.54) is 20.3 Å². The summed E-state index contributed by atoms with van der Waals surface area (Å²) in [5, 5.41) is 0.928. The Labute approximate surface area is 161 Å². The lowest BCUT2D eigenvalue weighted by atomic mass is 10.2. The van der Waals surface area contributed by atoms with Crippen LogP contribution < -0.4 is 9.47 Å². The number of aromatic nitrogens is 4. The molecule has 2 aromatic carbocycles. The van der Waals surface area contributed by atoms with Crippen LogP contribution in [0, 0.1) is 0 Å². The van der Waals surface area contributed by atoms with Gasteiger partial charge in [-0.15, -0.1) is 0 Å². The summed E-state index contributed by atoms with van der Waals surface area (Å²) in [7, 11) is 2.85. The molecule has 1 N–H and O–H groups in total. The zero-order valence-corrected chi connectivity index (χ0v) is 15.5. The van der Waals surface area contributed by atoms with Gasteiger partial charge in [0.25, 0.3) is 0 Å². The summed E-state index contributed by atoms with van der Waals surface area (Å²) in [5.41, 5.74) is 1.58. The van der Waals surface area contributed by atoms with Gasteiger partial charge in [-0.3, -0.25) is 0 Å². The Hall–Kier alpha value is -3.01. The first kappa shape index (κ1) is 18.4. The fourth-order valence-corrected chi connectivity index (χ4v) is 3.60. The largest absolute Gasteiger partial charge is 0.493 e. The van der Waals surface area contributed by atoms with E-state index in [0.29, 0.717) is 21.8 Å². The highest BCUT2D eigenvalue weighted by molar-refractivity contribution is 7.99. The first-order valence-corrected chi connectivity index (χ1v) is 8.84. The molecule has 0 bridgehead atoms. The second kappa shape index (κ2) is 6.86. The maximum Gasteiger partial charge on any atom is 0.451 e. The second-order valence-corrected chi connectivity index (χ2v) is 6.71. The summed E-state index contributed by atoms with van der Waals surface area (Å²) >= 11 is 0.992. The Balaban J connectivity index is 1.90. The van der Waals surface area contributed by atoms with Crippen LogP contribution in [0.2, 0.25) is 0 Å². The molecule has 0 amide bonds. The third kappa shape index (κ3) is 3.31. The molecule has 0 aliphatic heterocycles. The normalized spacial score (nSPS) is 11.9. The number of imidazole rings is 1. The summed E-state index contributed by atoms with van der Waals surface area (Å²) < 4.78 is 50.4. The lowest BCUT2D eigenvalue weighted by molar-refractivity contribution is -0.145. The molecule has 0 saturated carbocycles. The van der Waals surface area contributed by atoms with Crippen LogP contribution in [-0.4, -0.2) is 34.2 Å². The van der Waals surface area contributed by atoms with Crippen molar-refractivity contribution in [2.75, 3.05) is 14.2 Å². The van der Waals surface area contributed by atoms with E-state index in [2.05, 4.69) is 19.9 Å². The molecule has 0 unspecified atom stereocenters. The standard InChI is InChI=1S/C18H13F3N4O2S/c1-26-13-7-9-12(8-14(13)27-2)22-16(18(19,20)21)25-15(9)28-17-23-10-5-3-4-6-11(10)24-17/h3-8H,1-2H3,(H,23,24). The van der Waals surface area contributed by atoms with Gasteiger partial charge in [0, 0.05) is 11.5 Å². The van der Waals surface area contributed by atoms with Crippen LogP contribution in [0.15, 0.2) is 46.6 Å². The number of H-pyrrole nitrogens is 1. The number of methoxy groups -OCH3 is 2. The molecule has 10 heteroatoms. The number of halogens is 3. The minimum absolute atomic E-state index is 0.0959. The number of alkyl halides is 3. The zero-order chi connectivity index (χ0) is 19.9. The van der Waals surface area contributed by atoms with E-state index in [1.54, 1.807) is 6.07 Å². The predicted octanol–water partition coefficient (Wildman–Crippen LogP) is 4.69. The van der Waals surface area contributed by atoms with Gasteiger partial charge in [0.2, 0.25) is 5.82 Å². The number of nitrogens with zero attached hydrogens (tertiary/aromatic N) is 3. The molecule has 4 aromatic rings. The van der Waals surface area contributed by atoms with Crippen LogP contribution in [0.3, 0.4) is 0 Å². The van der Waals surface area contributed by atoms with Crippen LogP contribution in [0.5, 0.6) is 11.5 Å². The van der Waals surface area contributed by atoms with E-state index in [0.717, 1.165) is 17.3 Å². The summed E-state index contributed by atoms with van der Waals surface area (Å²) in [4.78, 5) is 14.9. The molecule has 28 heavy (non-hydrogen) atoms. The topological polar surface area (TPSA) is 72.9 Å². The highest BCUT2D eigenvalue weighted by Gasteiger charge is 2.36. The highest BCUT2D eigenvalue weighted by Crippen LogP contribution is 2.39. The number of benzene rings is 2. The van der Waals surface area contributed by atoms with Gasteiger partial charge >= 0.3 is 6.18 Å². The fourth-order valence-electron chi connectivity index (χ4n) is 2.70. The molecular weight excluding hydrogens is 393 g/mol. The van der Waals surface area contributed by atoms with Gasteiger partial charge in [0.1, 0.15) is 5.03 Å². The Morgan fingerprint density at radius 1 is 0.929 bits per heavy atom. The van der Waals surface area contributed by atoms with Crippen LogP contribution >= 0.6 is 11.8 Å². The molecule has 0 spiro atoms. The highest BCUT2D eigenvalue weighted by atomic mass is 32.2. The SMILES string of the molecule is COc1cc2nc(C(F)(F)F)nc(Sc3nc4ccccc4[nH]3)c2cc1OC. The van der Waals surface area contributed by atoms with Crippen molar-refractivity contribution in [3.05, 3.63) is 42.2 Å². The summed E-state index contributed by atoms with van der Waals surface area (Å²) in [6.07, 6.45) is -4.69. The van der Waals surface area contributed by atoms with Crippen molar-refractivity contribution >= 4 is 33.7 Å². The van der Waals surface area contributed by atoms with E-state index < -0.39 is 12.0 Å². The van der Waals surface area contributed by atoms with E-state index in [4.69, 9.17) is 9.47 Å². The van der Waals surface area contributed by atoms with E-state index in [9.17, 15) is 13.2 Å². The van der Waals surface area contributed by atoms with E-state index >= 15 is 0 Å². The minimum atomic E-state index is -4.69. The van der Waals surface area contributed by atoms with E-state index in [1.807, 2.05) is 24.3 Å². The molecule has 0 fully saturated rings. The first-order valence-electron chi connectivity index (χ1n) is 8.02. The fraction of sp³-hybridized carbons (Fsp3) is 0.167. The van der Waals surface area contributed by atoms with Crippen molar-refractivity contribution in [1.29, 1.82) is 0 Å². The number of ether oxygens (including phenoxy) is 2. The van der Waals surface area contributed by atoms with Crippen LogP contribution in [0.4, 0.5) is 13.2 Å². The predicted molar refractivity (Wildman–Crippen MR) is 97.9 cm³/mol. The number of nitrogens with one attached hydrogen (secondary N) is 1. The molecule has 0 aliphatic rings. The molecule has 2 aromatic heterocycles. The zero-order valence-electron chi connectivity index (χ0n) is 14.7. The van der Waals surface area contributed by atoms with Gasteiger partial charge in [0.15, 0.2) is 16.7 Å². The van der Waals surface area contributed by atoms with Crippen LogP contribution in [-0.2, 0) is 6.18 Å². The maximum absolute atomic E-state index is 13.3. The van der Waals surface area contributed by atoms with Crippen molar-refractivity contribution in [1.82, 2.24) is 19.9 Å². The van der Waals surface area contributed by atoms with Gasteiger partial charge in [-0.2, -0.15) is 13.2 Å². The molecule has 4 rings (SSSR count). The summed E-state index contributed by atoms with van der Waals surface area (Å²) in [6.45, 7) is 0. The van der Waals surface area contributed by atoms with Gasteiger partial charge in [-0.05, 0) is 30.0 Å². The molecule has 144 valence electrons. The molecule has 0 atom stereocenters. The molecule has 2 heterocycles. The number of fused-ring (bicyclic) bond motifs is 2. The van der Waals surface area contributed by atoms with Gasteiger partial charge in [0.05, 0.1) is 30.8 Å². The molecular formula is C18H13F3N4O2S. The number of hydrogen-bond acceptors (Lipinski definition) is 6. The van der Waals surface area contributed by atoms with Crippen molar-refractivity contribution in [2.24, 2.45) is 0 Å². The number of aromatic amines is 1. The quantitative estimate of drug-likeness (QED) is 0.496. The Kier molecular flexibility index (Phi) is 4.50. The maximum atomic E-state index is 13.3. The Bertz CT molecular complexity index is 1140. The van der Waals surface area contributed by atoms with Crippen molar-refractivity contribution in [3.63, 3.8) is 0 Å². The first-order chi connectivity index (χ1) is 13.4. The third-order valence-electron chi connectivity index (χ3n) is 3.98. The van der Waals surface area contributed by atoms with Crippen molar-refractivity contribution in [2.45, 2.75) is 16.4 Å². The lowest BCUT2D eigenvalue weighted by Gasteiger charge is -2.13. The number of para-hydroxylation sites is 2. The van der Waals surface area contributed by atoms with Crippen LogP contribution in [0.25, 0.3) is 21.9 Å². The molecule has 6 nitrogen and oxygen atoms in total. The monoisotopic (exact) mass is 406 g/mol. The summed E-state index contributed by atoms with van der Waals surface area (Å²) in [5.74, 6) is -0.586. The Morgan fingerprint density at radius 3 is 2.32 bits per heavy atom. The Morgan fingerprint density at radius 2 is 1.64 bits per heavy atom. The lowest BCUT2D eigenvalue weighted by Crippen LogP contribution is -2.12. The van der Waals surface area contributed by atoms with Gasteiger partial charge < -0.3 is 14.5 Å². The van der Waals surface area contributed by atoms with Crippen molar-refractivity contribution < 1.29 is 22.6 Å². The molecule has 0 radical (unpaired) electrons. The van der Waals surface area contributed by atoms with Crippen molar-refractivity contribution in [3.8, 4) is 11.5 Å². The minimum Gasteiger partial charge on any atom is -0.493 e.